The van der Waals surface area contributed by atoms with Crippen LogP contribution in [-0.4, -0.2) is 63.0 Å². The Labute approximate surface area is 176 Å². The van der Waals surface area contributed by atoms with Gasteiger partial charge in [-0.2, -0.15) is 5.10 Å². The number of fused-ring (bicyclic) bond motifs is 1. The molecule has 1 saturated heterocycles. The number of likely N-dealkylation sites (N-methyl/N-ethyl adjacent to an activating group) is 1. The summed E-state index contributed by atoms with van der Waals surface area (Å²) in [5.41, 5.74) is 2.43. The second-order valence-corrected chi connectivity index (χ2v) is 8.78. The zero-order chi connectivity index (χ0) is 21.5. The molecule has 7 heteroatoms. The van der Waals surface area contributed by atoms with E-state index in [4.69, 9.17) is 5.10 Å². The van der Waals surface area contributed by atoms with Crippen molar-refractivity contribution >= 4 is 11.6 Å². The smallest absolute Gasteiger partial charge is 0.272 e. The lowest BCUT2D eigenvalue weighted by Gasteiger charge is -2.34. The van der Waals surface area contributed by atoms with Gasteiger partial charge in [-0.05, 0) is 24.7 Å². The minimum absolute atomic E-state index is 0.0979. The molecule has 6 nitrogen and oxygen atoms in total. The lowest BCUT2D eigenvalue weighted by molar-refractivity contribution is 0.0634. The molecular weight excluding hydrogens is 381 g/mol. The molecule has 0 radical (unpaired) electrons. The summed E-state index contributed by atoms with van der Waals surface area (Å²) in [6.07, 6.45) is 0. The zero-order valence-corrected chi connectivity index (χ0v) is 18.0. The first-order valence-corrected chi connectivity index (χ1v) is 10.5. The van der Waals surface area contributed by atoms with E-state index in [1.807, 2.05) is 11.0 Å². The van der Waals surface area contributed by atoms with Gasteiger partial charge in [0.05, 0.1) is 11.4 Å². The van der Waals surface area contributed by atoms with E-state index < -0.39 is 0 Å². The van der Waals surface area contributed by atoms with Crippen LogP contribution in [0.15, 0.2) is 36.4 Å². The highest BCUT2D eigenvalue weighted by Crippen LogP contribution is 2.27. The summed E-state index contributed by atoms with van der Waals surface area (Å²) < 4.78 is 16.1. The highest BCUT2D eigenvalue weighted by Gasteiger charge is 2.27. The molecule has 1 aliphatic heterocycles. The molecule has 0 saturated carbocycles. The maximum Gasteiger partial charge on any atom is 0.272 e. The molecule has 0 spiro atoms. The van der Waals surface area contributed by atoms with Crippen molar-refractivity contribution in [3.63, 3.8) is 0 Å². The number of carbonyl (C=O) groups excluding carboxylic acids is 1. The molecule has 3 heterocycles. The number of carbonyl (C=O) groups is 1. The molecule has 0 N–H and O–H groups in total. The third-order valence-corrected chi connectivity index (χ3v) is 5.67. The Kier molecular flexibility index (Phi) is 5.32. The fraction of sp³-hybridized carbons (Fsp3) is 0.435. The third kappa shape index (κ3) is 3.81. The molecule has 0 atom stereocenters. The Hall–Kier alpha value is -2.80. The van der Waals surface area contributed by atoms with E-state index in [-0.39, 0.29) is 17.1 Å². The number of aromatic nitrogens is 3. The summed E-state index contributed by atoms with van der Waals surface area (Å²) in [5.74, 6) is -0.459. The standard InChI is InChI=1S/C23H28FN5O/c1-5-27-10-12-28(13-11-27)22(30)19-14-18(16-8-6-7-9-17(16)24)25-21-15-20(23(2,3)4)26-29(19)21/h6-9,14-15H,5,10-13H2,1-4H3. The monoisotopic (exact) mass is 409 g/mol. The average molecular weight is 410 g/mol. The lowest BCUT2D eigenvalue weighted by atomic mass is 9.93. The highest BCUT2D eigenvalue weighted by atomic mass is 19.1. The van der Waals surface area contributed by atoms with Gasteiger partial charge in [0.2, 0.25) is 0 Å². The summed E-state index contributed by atoms with van der Waals surface area (Å²) in [6, 6.07) is 10.1. The van der Waals surface area contributed by atoms with Crippen molar-refractivity contribution in [1.29, 1.82) is 0 Å². The second kappa shape index (κ2) is 7.80. The van der Waals surface area contributed by atoms with Gasteiger partial charge in [0.25, 0.3) is 5.91 Å². The molecule has 1 aromatic carbocycles. The van der Waals surface area contributed by atoms with E-state index >= 15 is 0 Å². The van der Waals surface area contributed by atoms with Crippen molar-refractivity contribution < 1.29 is 9.18 Å². The van der Waals surface area contributed by atoms with Crippen molar-refractivity contribution in [1.82, 2.24) is 24.4 Å². The number of rotatable bonds is 3. The first-order valence-electron chi connectivity index (χ1n) is 10.5. The van der Waals surface area contributed by atoms with Crippen LogP contribution >= 0.6 is 0 Å². The van der Waals surface area contributed by atoms with Crippen LogP contribution in [0.1, 0.15) is 43.9 Å². The first kappa shape index (κ1) is 20.5. The van der Waals surface area contributed by atoms with E-state index in [1.165, 1.54) is 6.07 Å². The molecule has 30 heavy (non-hydrogen) atoms. The molecular formula is C23H28FN5O. The number of hydrogen-bond acceptors (Lipinski definition) is 4. The number of halogens is 1. The Morgan fingerprint density at radius 1 is 1.10 bits per heavy atom. The molecule has 0 bridgehead atoms. The second-order valence-electron chi connectivity index (χ2n) is 8.78. The molecule has 158 valence electrons. The molecule has 2 aromatic heterocycles. The van der Waals surface area contributed by atoms with Crippen molar-refractivity contribution in [2.45, 2.75) is 33.1 Å². The first-order chi connectivity index (χ1) is 14.3. The van der Waals surface area contributed by atoms with Gasteiger partial charge in [0.1, 0.15) is 11.5 Å². The number of hydrogen-bond donors (Lipinski definition) is 0. The van der Waals surface area contributed by atoms with Crippen LogP contribution in [0.5, 0.6) is 0 Å². The van der Waals surface area contributed by atoms with Crippen molar-refractivity contribution in [3.8, 4) is 11.3 Å². The van der Waals surface area contributed by atoms with Crippen LogP contribution in [-0.2, 0) is 5.41 Å². The average Bonchev–Trinajstić information content (AvgIpc) is 3.18. The minimum atomic E-state index is -0.361. The topological polar surface area (TPSA) is 53.7 Å². The lowest BCUT2D eigenvalue weighted by Crippen LogP contribution is -2.48. The quantitative estimate of drug-likeness (QED) is 0.663. The van der Waals surface area contributed by atoms with Gasteiger partial charge >= 0.3 is 0 Å². The van der Waals surface area contributed by atoms with Gasteiger partial charge in [0.15, 0.2) is 5.65 Å². The third-order valence-electron chi connectivity index (χ3n) is 5.67. The molecule has 1 fully saturated rings. The van der Waals surface area contributed by atoms with Crippen LogP contribution in [0.4, 0.5) is 4.39 Å². The van der Waals surface area contributed by atoms with Crippen molar-refractivity contribution in [3.05, 3.63) is 53.6 Å². The summed E-state index contributed by atoms with van der Waals surface area (Å²) in [7, 11) is 0. The molecule has 0 aliphatic carbocycles. The van der Waals surface area contributed by atoms with Crippen molar-refractivity contribution in [2.75, 3.05) is 32.7 Å². The zero-order valence-electron chi connectivity index (χ0n) is 18.0. The summed E-state index contributed by atoms with van der Waals surface area (Å²) in [5, 5.41) is 4.69. The number of nitrogens with zero attached hydrogens (tertiary/aromatic N) is 5. The van der Waals surface area contributed by atoms with Gasteiger partial charge in [0, 0.05) is 43.2 Å². The van der Waals surface area contributed by atoms with Gasteiger partial charge in [-0.15, -0.1) is 0 Å². The van der Waals surface area contributed by atoms with Crippen LogP contribution in [0.2, 0.25) is 0 Å². The maximum absolute atomic E-state index is 14.5. The predicted molar refractivity (Wildman–Crippen MR) is 115 cm³/mol. The molecule has 1 amide bonds. The number of amides is 1. The van der Waals surface area contributed by atoms with Crippen LogP contribution < -0.4 is 0 Å². The van der Waals surface area contributed by atoms with Gasteiger partial charge < -0.3 is 9.80 Å². The van der Waals surface area contributed by atoms with Gasteiger partial charge in [-0.3, -0.25) is 4.79 Å². The minimum Gasteiger partial charge on any atom is -0.335 e. The highest BCUT2D eigenvalue weighted by molar-refractivity contribution is 5.94. The van der Waals surface area contributed by atoms with E-state index in [0.717, 1.165) is 25.3 Å². The summed E-state index contributed by atoms with van der Waals surface area (Å²) in [6.45, 7) is 12.3. The van der Waals surface area contributed by atoms with Crippen molar-refractivity contribution in [2.24, 2.45) is 0 Å². The summed E-state index contributed by atoms with van der Waals surface area (Å²) in [4.78, 5) is 22.3. The van der Waals surface area contributed by atoms with E-state index in [9.17, 15) is 9.18 Å². The largest absolute Gasteiger partial charge is 0.335 e. The van der Waals surface area contributed by atoms with Crippen LogP contribution in [0, 0.1) is 5.82 Å². The SMILES string of the molecule is CCN1CCN(C(=O)c2cc(-c3ccccc3F)nc3cc(C(C)(C)C)nn23)CC1. The number of piperazine rings is 1. The molecule has 1 aliphatic rings. The molecule has 3 aromatic rings. The van der Waals surface area contributed by atoms with Gasteiger partial charge in [-0.25, -0.2) is 13.9 Å². The molecule has 0 unspecified atom stereocenters. The summed E-state index contributed by atoms with van der Waals surface area (Å²) >= 11 is 0. The Balaban J connectivity index is 1.83. The number of benzene rings is 1. The fourth-order valence-electron chi connectivity index (χ4n) is 3.73. The normalized spacial score (nSPS) is 15.7. The Morgan fingerprint density at radius 3 is 2.43 bits per heavy atom. The van der Waals surface area contributed by atoms with Crippen LogP contribution in [0.25, 0.3) is 16.9 Å². The maximum atomic E-state index is 14.5. The van der Waals surface area contributed by atoms with E-state index in [2.05, 4.69) is 37.6 Å². The van der Waals surface area contributed by atoms with E-state index in [1.54, 1.807) is 28.8 Å². The Bertz CT molecular complexity index is 1080. The molecule has 4 rings (SSSR count). The van der Waals surface area contributed by atoms with Crippen LogP contribution in [0.3, 0.4) is 0 Å². The van der Waals surface area contributed by atoms with E-state index in [0.29, 0.717) is 35.7 Å². The Morgan fingerprint density at radius 2 is 1.80 bits per heavy atom. The van der Waals surface area contributed by atoms with Gasteiger partial charge in [-0.1, -0.05) is 39.8 Å². The fourth-order valence-corrected chi connectivity index (χ4v) is 3.73. The predicted octanol–water partition coefficient (Wildman–Crippen LogP) is 3.61.